The second kappa shape index (κ2) is 6.35. The summed E-state index contributed by atoms with van der Waals surface area (Å²) in [5.74, 6) is 0.368. The number of amides is 1. The lowest BCUT2D eigenvalue weighted by Crippen LogP contribution is -2.31. The van der Waals surface area contributed by atoms with E-state index in [1.54, 1.807) is 18.2 Å². The Morgan fingerprint density at radius 2 is 2.31 bits per heavy atom. The fourth-order valence-corrected chi connectivity index (χ4v) is 1.39. The molecular formula is C11H14ClNO3. The van der Waals surface area contributed by atoms with Gasteiger partial charge in [0.1, 0.15) is 5.75 Å². The summed E-state index contributed by atoms with van der Waals surface area (Å²) in [6.45, 7) is 1.95. The van der Waals surface area contributed by atoms with Gasteiger partial charge in [0.05, 0.1) is 6.61 Å². The van der Waals surface area contributed by atoms with Crippen molar-refractivity contribution >= 4 is 17.5 Å². The molecule has 0 aliphatic heterocycles. The van der Waals surface area contributed by atoms with Crippen LogP contribution in [0.1, 0.15) is 5.56 Å². The zero-order valence-corrected chi connectivity index (χ0v) is 9.75. The third kappa shape index (κ3) is 4.08. The smallest absolute Gasteiger partial charge is 0.258 e. The molecule has 0 saturated carbocycles. The monoisotopic (exact) mass is 243 g/mol. The molecule has 16 heavy (non-hydrogen) atoms. The second-order valence-corrected chi connectivity index (χ2v) is 3.71. The standard InChI is InChI=1S/C11H14ClNO3/c1-8-6-9(12)2-3-10(8)16-7-11(15)13-4-5-14/h2-3,6,14H,4-5,7H2,1H3,(H,13,15). The number of carbonyl (C=O) groups excluding carboxylic acids is 1. The maximum atomic E-state index is 11.2. The van der Waals surface area contributed by atoms with E-state index in [9.17, 15) is 4.79 Å². The van der Waals surface area contributed by atoms with Gasteiger partial charge in [-0.1, -0.05) is 11.6 Å². The number of carbonyl (C=O) groups is 1. The van der Waals surface area contributed by atoms with E-state index in [0.717, 1.165) is 5.56 Å². The van der Waals surface area contributed by atoms with Crippen molar-refractivity contribution in [1.29, 1.82) is 0 Å². The Labute approximate surface area is 99.2 Å². The Morgan fingerprint density at radius 1 is 1.56 bits per heavy atom. The van der Waals surface area contributed by atoms with Crippen LogP contribution in [0.25, 0.3) is 0 Å². The highest BCUT2D eigenvalue weighted by molar-refractivity contribution is 6.30. The number of benzene rings is 1. The van der Waals surface area contributed by atoms with Gasteiger partial charge in [0.2, 0.25) is 0 Å². The Bertz CT molecular complexity index is 368. The van der Waals surface area contributed by atoms with E-state index in [1.807, 2.05) is 6.92 Å². The molecule has 5 heteroatoms. The Morgan fingerprint density at radius 3 is 2.94 bits per heavy atom. The van der Waals surface area contributed by atoms with Crippen molar-refractivity contribution in [3.05, 3.63) is 28.8 Å². The van der Waals surface area contributed by atoms with Crippen LogP contribution in [0.5, 0.6) is 5.75 Å². The first-order chi connectivity index (χ1) is 7.63. The van der Waals surface area contributed by atoms with Gasteiger partial charge in [-0.2, -0.15) is 0 Å². The molecule has 88 valence electrons. The van der Waals surface area contributed by atoms with Gasteiger partial charge >= 0.3 is 0 Å². The molecule has 0 aromatic heterocycles. The summed E-state index contributed by atoms with van der Waals surface area (Å²) in [6.07, 6.45) is 0. The summed E-state index contributed by atoms with van der Waals surface area (Å²) >= 11 is 5.79. The van der Waals surface area contributed by atoms with Crippen LogP contribution >= 0.6 is 11.6 Å². The highest BCUT2D eigenvalue weighted by Gasteiger charge is 2.04. The summed E-state index contributed by atoms with van der Waals surface area (Å²) in [7, 11) is 0. The van der Waals surface area contributed by atoms with Gasteiger partial charge in [-0.15, -0.1) is 0 Å². The van der Waals surface area contributed by atoms with Crippen LogP contribution in [0.3, 0.4) is 0 Å². The quantitative estimate of drug-likeness (QED) is 0.815. The molecule has 0 saturated heterocycles. The largest absolute Gasteiger partial charge is 0.484 e. The maximum absolute atomic E-state index is 11.2. The average Bonchev–Trinajstić information content (AvgIpc) is 2.25. The number of aliphatic hydroxyl groups is 1. The number of halogens is 1. The summed E-state index contributed by atoms with van der Waals surface area (Å²) in [6, 6.07) is 5.19. The number of aliphatic hydroxyl groups excluding tert-OH is 1. The molecule has 1 rings (SSSR count). The number of rotatable bonds is 5. The predicted octanol–water partition coefficient (Wildman–Crippen LogP) is 1.14. The zero-order valence-electron chi connectivity index (χ0n) is 9.00. The van der Waals surface area contributed by atoms with Crippen LogP contribution in [-0.4, -0.2) is 30.8 Å². The van der Waals surface area contributed by atoms with E-state index in [4.69, 9.17) is 21.4 Å². The van der Waals surface area contributed by atoms with E-state index in [-0.39, 0.29) is 25.7 Å². The number of nitrogens with one attached hydrogen (secondary N) is 1. The molecule has 1 aromatic carbocycles. The fourth-order valence-electron chi connectivity index (χ4n) is 1.16. The van der Waals surface area contributed by atoms with E-state index in [0.29, 0.717) is 10.8 Å². The first-order valence-electron chi connectivity index (χ1n) is 4.90. The van der Waals surface area contributed by atoms with E-state index < -0.39 is 0 Å². The lowest BCUT2D eigenvalue weighted by molar-refractivity contribution is -0.123. The Kier molecular flexibility index (Phi) is 5.08. The minimum atomic E-state index is -0.261. The van der Waals surface area contributed by atoms with Crippen LogP contribution < -0.4 is 10.1 Å². The molecule has 0 fully saturated rings. The van der Waals surface area contributed by atoms with Gasteiger partial charge in [-0.05, 0) is 30.7 Å². The first-order valence-corrected chi connectivity index (χ1v) is 5.28. The summed E-state index contributed by atoms with van der Waals surface area (Å²) in [4.78, 5) is 11.2. The van der Waals surface area contributed by atoms with Crippen LogP contribution in [0.2, 0.25) is 5.02 Å². The third-order valence-corrected chi connectivity index (χ3v) is 2.16. The SMILES string of the molecule is Cc1cc(Cl)ccc1OCC(=O)NCCO. The minimum Gasteiger partial charge on any atom is -0.484 e. The van der Waals surface area contributed by atoms with E-state index in [1.165, 1.54) is 0 Å². The van der Waals surface area contributed by atoms with Gasteiger partial charge < -0.3 is 15.2 Å². The molecule has 0 bridgehead atoms. The zero-order chi connectivity index (χ0) is 12.0. The summed E-state index contributed by atoms with van der Waals surface area (Å²) in [5.41, 5.74) is 0.877. The van der Waals surface area contributed by atoms with Crippen LogP contribution in [0.15, 0.2) is 18.2 Å². The van der Waals surface area contributed by atoms with E-state index >= 15 is 0 Å². The van der Waals surface area contributed by atoms with Crippen molar-refractivity contribution in [2.45, 2.75) is 6.92 Å². The summed E-state index contributed by atoms with van der Waals surface area (Å²) < 4.78 is 5.30. The highest BCUT2D eigenvalue weighted by Crippen LogP contribution is 2.21. The van der Waals surface area contributed by atoms with Crippen molar-refractivity contribution < 1.29 is 14.6 Å². The lowest BCUT2D eigenvalue weighted by atomic mass is 10.2. The van der Waals surface area contributed by atoms with Gasteiger partial charge in [0.15, 0.2) is 6.61 Å². The Hall–Kier alpha value is -1.26. The topological polar surface area (TPSA) is 58.6 Å². The van der Waals surface area contributed by atoms with Gasteiger partial charge in [0, 0.05) is 11.6 Å². The Balaban J connectivity index is 2.45. The summed E-state index contributed by atoms with van der Waals surface area (Å²) in [5, 5.41) is 11.6. The second-order valence-electron chi connectivity index (χ2n) is 3.27. The minimum absolute atomic E-state index is 0.0670. The molecule has 0 radical (unpaired) electrons. The molecule has 0 heterocycles. The molecule has 2 N–H and O–H groups in total. The van der Waals surface area contributed by atoms with Crippen molar-refractivity contribution in [3.8, 4) is 5.75 Å². The van der Waals surface area contributed by atoms with E-state index in [2.05, 4.69) is 5.32 Å². The fraction of sp³-hybridized carbons (Fsp3) is 0.364. The van der Waals surface area contributed by atoms with Crippen molar-refractivity contribution in [2.24, 2.45) is 0 Å². The molecular weight excluding hydrogens is 230 g/mol. The van der Waals surface area contributed by atoms with Gasteiger partial charge in [-0.3, -0.25) is 4.79 Å². The predicted molar refractivity (Wildman–Crippen MR) is 61.8 cm³/mol. The normalized spacial score (nSPS) is 9.94. The molecule has 0 aliphatic carbocycles. The molecule has 0 unspecified atom stereocenters. The van der Waals surface area contributed by atoms with Gasteiger partial charge in [-0.25, -0.2) is 0 Å². The number of hydrogen-bond acceptors (Lipinski definition) is 3. The molecule has 0 spiro atoms. The third-order valence-electron chi connectivity index (χ3n) is 1.93. The first kappa shape index (κ1) is 12.8. The van der Waals surface area contributed by atoms with Crippen molar-refractivity contribution in [1.82, 2.24) is 5.32 Å². The molecule has 1 amide bonds. The average molecular weight is 244 g/mol. The number of hydrogen-bond donors (Lipinski definition) is 2. The molecule has 0 aliphatic rings. The molecule has 4 nitrogen and oxygen atoms in total. The maximum Gasteiger partial charge on any atom is 0.258 e. The number of aryl methyl sites for hydroxylation is 1. The lowest BCUT2D eigenvalue weighted by Gasteiger charge is -2.09. The highest BCUT2D eigenvalue weighted by atomic mass is 35.5. The molecule has 1 aromatic rings. The van der Waals surface area contributed by atoms with Crippen molar-refractivity contribution in [3.63, 3.8) is 0 Å². The number of ether oxygens (including phenoxy) is 1. The molecule has 0 atom stereocenters. The van der Waals surface area contributed by atoms with Crippen LogP contribution in [0, 0.1) is 6.92 Å². The van der Waals surface area contributed by atoms with Gasteiger partial charge in [0.25, 0.3) is 5.91 Å². The van der Waals surface area contributed by atoms with Crippen LogP contribution in [0.4, 0.5) is 0 Å². The van der Waals surface area contributed by atoms with Crippen LogP contribution in [-0.2, 0) is 4.79 Å². The van der Waals surface area contributed by atoms with Crippen molar-refractivity contribution in [2.75, 3.05) is 19.8 Å².